The van der Waals surface area contributed by atoms with E-state index in [1.54, 1.807) is 0 Å². The van der Waals surface area contributed by atoms with Crippen LogP contribution in [-0.4, -0.2) is 12.1 Å². The van der Waals surface area contributed by atoms with E-state index in [9.17, 15) is 0 Å². The van der Waals surface area contributed by atoms with Gasteiger partial charge in [0.15, 0.2) is 0 Å². The second kappa shape index (κ2) is 2.29. The van der Waals surface area contributed by atoms with Crippen LogP contribution in [0.15, 0.2) is 0 Å². The fraction of sp³-hybridized carbons (Fsp3) is 1.00. The van der Waals surface area contributed by atoms with Gasteiger partial charge in [0.25, 0.3) is 0 Å². The third-order valence-corrected chi connectivity index (χ3v) is 4.66. The van der Waals surface area contributed by atoms with Gasteiger partial charge in [0.1, 0.15) is 0 Å². The Hall–Kier alpha value is -0.0800. The quantitative estimate of drug-likeness (QED) is 0.638. The molecular formula is C11H20N2. The van der Waals surface area contributed by atoms with Crippen LogP contribution in [0.3, 0.4) is 0 Å². The Labute approximate surface area is 80.1 Å². The van der Waals surface area contributed by atoms with E-state index in [1.165, 1.54) is 38.5 Å². The zero-order chi connectivity index (χ0) is 9.10. The molecule has 0 heterocycles. The van der Waals surface area contributed by atoms with Crippen molar-refractivity contribution in [2.45, 2.75) is 44.1 Å². The highest BCUT2D eigenvalue weighted by Crippen LogP contribution is 2.60. The highest BCUT2D eigenvalue weighted by Gasteiger charge is 2.55. The van der Waals surface area contributed by atoms with E-state index in [0.29, 0.717) is 5.41 Å². The summed E-state index contributed by atoms with van der Waals surface area (Å²) in [7, 11) is 0. The van der Waals surface area contributed by atoms with E-state index in [2.05, 4.69) is 0 Å². The maximum Gasteiger partial charge on any atom is 0.0165 e. The summed E-state index contributed by atoms with van der Waals surface area (Å²) in [5.74, 6) is 1.82. The van der Waals surface area contributed by atoms with Gasteiger partial charge in [-0.2, -0.15) is 0 Å². The molecule has 0 aromatic heterocycles. The molecule has 4 aliphatic carbocycles. The normalized spacial score (nSPS) is 58.6. The summed E-state index contributed by atoms with van der Waals surface area (Å²) < 4.78 is 0. The largest absolute Gasteiger partial charge is 0.330 e. The highest BCUT2D eigenvalue weighted by molar-refractivity contribution is 5.10. The van der Waals surface area contributed by atoms with Gasteiger partial charge in [0, 0.05) is 5.54 Å². The minimum Gasteiger partial charge on any atom is -0.330 e. The fourth-order valence-corrected chi connectivity index (χ4v) is 4.76. The van der Waals surface area contributed by atoms with Crippen molar-refractivity contribution >= 4 is 0 Å². The first-order valence-electron chi connectivity index (χ1n) is 5.62. The van der Waals surface area contributed by atoms with Gasteiger partial charge in [-0.05, 0) is 62.3 Å². The molecule has 2 unspecified atom stereocenters. The molecule has 0 aromatic carbocycles. The average Bonchev–Trinajstić information content (AvgIpc) is 1.99. The second-order valence-electron chi connectivity index (χ2n) is 6.03. The standard InChI is InChI=1S/C11H20N2/c12-7-10-2-8-1-9(3-10)5-11(13,4-8)6-10/h8-9H,1-7,12-13H2. The molecule has 4 aliphatic rings. The predicted octanol–water partition coefficient (Wildman–Crippen LogP) is 1.24. The summed E-state index contributed by atoms with van der Waals surface area (Å²) in [6.07, 6.45) is 7.97. The van der Waals surface area contributed by atoms with E-state index < -0.39 is 0 Å². The molecule has 13 heavy (non-hydrogen) atoms. The van der Waals surface area contributed by atoms with Gasteiger partial charge in [0.05, 0.1) is 0 Å². The molecule has 2 atom stereocenters. The molecule has 4 fully saturated rings. The average molecular weight is 180 g/mol. The van der Waals surface area contributed by atoms with Crippen LogP contribution in [-0.2, 0) is 0 Å². The van der Waals surface area contributed by atoms with Crippen LogP contribution in [0, 0.1) is 17.3 Å². The Morgan fingerprint density at radius 3 is 2.15 bits per heavy atom. The van der Waals surface area contributed by atoms with Gasteiger partial charge in [-0.1, -0.05) is 0 Å². The minimum atomic E-state index is 0.184. The van der Waals surface area contributed by atoms with Crippen molar-refractivity contribution in [1.29, 1.82) is 0 Å². The van der Waals surface area contributed by atoms with E-state index in [-0.39, 0.29) is 5.54 Å². The van der Waals surface area contributed by atoms with E-state index in [1.807, 2.05) is 0 Å². The summed E-state index contributed by atoms with van der Waals surface area (Å²) in [5, 5.41) is 0. The summed E-state index contributed by atoms with van der Waals surface area (Å²) >= 11 is 0. The summed E-state index contributed by atoms with van der Waals surface area (Å²) in [6.45, 7) is 0.874. The van der Waals surface area contributed by atoms with Crippen LogP contribution in [0.25, 0.3) is 0 Å². The number of rotatable bonds is 1. The van der Waals surface area contributed by atoms with Crippen molar-refractivity contribution < 1.29 is 0 Å². The van der Waals surface area contributed by atoms with Gasteiger partial charge < -0.3 is 11.5 Å². The van der Waals surface area contributed by atoms with Crippen molar-refractivity contribution in [1.82, 2.24) is 0 Å². The van der Waals surface area contributed by atoms with Gasteiger partial charge in [-0.25, -0.2) is 0 Å². The zero-order valence-electron chi connectivity index (χ0n) is 8.26. The smallest absolute Gasteiger partial charge is 0.0165 e. The second-order valence-corrected chi connectivity index (χ2v) is 6.03. The number of nitrogens with two attached hydrogens (primary N) is 2. The molecule has 0 amide bonds. The van der Waals surface area contributed by atoms with Crippen LogP contribution >= 0.6 is 0 Å². The van der Waals surface area contributed by atoms with Crippen LogP contribution in [0.4, 0.5) is 0 Å². The number of hydrogen-bond donors (Lipinski definition) is 2. The van der Waals surface area contributed by atoms with Crippen molar-refractivity contribution in [2.24, 2.45) is 28.7 Å². The Balaban J connectivity index is 1.95. The molecule has 4 N–H and O–H groups in total. The Bertz CT molecular complexity index is 222. The maximum absolute atomic E-state index is 6.43. The first kappa shape index (κ1) is 8.25. The highest BCUT2D eigenvalue weighted by atomic mass is 14.8. The minimum absolute atomic E-state index is 0.184. The topological polar surface area (TPSA) is 52.0 Å². The zero-order valence-corrected chi connectivity index (χ0v) is 8.26. The van der Waals surface area contributed by atoms with Gasteiger partial charge in [-0.15, -0.1) is 0 Å². The molecule has 2 heteroatoms. The molecule has 4 bridgehead atoms. The maximum atomic E-state index is 6.43. The number of hydrogen-bond acceptors (Lipinski definition) is 2. The van der Waals surface area contributed by atoms with Gasteiger partial charge in [0.2, 0.25) is 0 Å². The van der Waals surface area contributed by atoms with Crippen LogP contribution in [0.5, 0.6) is 0 Å². The van der Waals surface area contributed by atoms with Crippen LogP contribution in [0.1, 0.15) is 38.5 Å². The molecular weight excluding hydrogens is 160 g/mol. The van der Waals surface area contributed by atoms with Crippen molar-refractivity contribution in [3.8, 4) is 0 Å². The van der Waals surface area contributed by atoms with E-state index in [4.69, 9.17) is 11.5 Å². The molecule has 0 spiro atoms. The lowest BCUT2D eigenvalue weighted by atomic mass is 9.47. The summed E-state index contributed by atoms with van der Waals surface area (Å²) in [5.41, 5.74) is 13.0. The van der Waals surface area contributed by atoms with Crippen molar-refractivity contribution in [3.63, 3.8) is 0 Å². The lowest BCUT2D eigenvalue weighted by Crippen LogP contribution is -2.61. The Morgan fingerprint density at radius 1 is 1.08 bits per heavy atom. The molecule has 4 saturated carbocycles. The van der Waals surface area contributed by atoms with E-state index in [0.717, 1.165) is 18.4 Å². The Kier molecular flexibility index (Phi) is 1.45. The molecule has 2 nitrogen and oxygen atoms in total. The first-order chi connectivity index (χ1) is 6.13. The molecule has 74 valence electrons. The van der Waals surface area contributed by atoms with E-state index >= 15 is 0 Å². The molecule has 0 aromatic rings. The molecule has 4 rings (SSSR count). The molecule has 0 saturated heterocycles. The predicted molar refractivity (Wildman–Crippen MR) is 53.1 cm³/mol. The third kappa shape index (κ3) is 1.08. The first-order valence-corrected chi connectivity index (χ1v) is 5.62. The van der Waals surface area contributed by atoms with Gasteiger partial charge in [-0.3, -0.25) is 0 Å². The fourth-order valence-electron chi connectivity index (χ4n) is 4.76. The van der Waals surface area contributed by atoms with Crippen LogP contribution < -0.4 is 11.5 Å². The molecule has 0 radical (unpaired) electrons. The van der Waals surface area contributed by atoms with Gasteiger partial charge >= 0.3 is 0 Å². The van der Waals surface area contributed by atoms with Crippen molar-refractivity contribution in [3.05, 3.63) is 0 Å². The van der Waals surface area contributed by atoms with Crippen LogP contribution in [0.2, 0.25) is 0 Å². The molecule has 0 aliphatic heterocycles. The van der Waals surface area contributed by atoms with Crippen molar-refractivity contribution in [2.75, 3.05) is 6.54 Å². The lowest BCUT2D eigenvalue weighted by molar-refractivity contribution is -0.0615. The SMILES string of the molecule is NCC12CC3CC(CC(N)(C3)C1)C2. The third-order valence-electron chi connectivity index (χ3n) is 4.66. The Morgan fingerprint density at radius 2 is 1.69 bits per heavy atom. The monoisotopic (exact) mass is 180 g/mol. The summed E-state index contributed by atoms with van der Waals surface area (Å²) in [6, 6.07) is 0. The summed E-state index contributed by atoms with van der Waals surface area (Å²) in [4.78, 5) is 0. The lowest BCUT2D eigenvalue weighted by Gasteiger charge is -2.60.